The predicted octanol–water partition coefficient (Wildman–Crippen LogP) is 1.10. The fourth-order valence-electron chi connectivity index (χ4n) is 1.57. The average molecular weight is 171 g/mol. The van der Waals surface area contributed by atoms with E-state index < -0.39 is 5.97 Å². The lowest BCUT2D eigenvalue weighted by Crippen LogP contribution is -2.13. The van der Waals surface area contributed by atoms with Gasteiger partial charge in [0.1, 0.15) is 0 Å². The van der Waals surface area contributed by atoms with Crippen LogP contribution >= 0.6 is 0 Å². The van der Waals surface area contributed by atoms with Crippen LogP contribution in [0.25, 0.3) is 0 Å². The summed E-state index contributed by atoms with van der Waals surface area (Å²) in [6.07, 6.45) is 3.09. The Morgan fingerprint density at radius 3 is 3.00 bits per heavy atom. The highest BCUT2D eigenvalue weighted by atomic mass is 16.4. The fourth-order valence-corrected chi connectivity index (χ4v) is 1.57. The number of nitrogens with one attached hydrogen (secondary N) is 1. The van der Waals surface area contributed by atoms with E-state index in [1.807, 2.05) is 0 Å². The standard InChI is InChI=1S/C9H17NO2/c1-7(9(11)12)2-3-8-4-5-10-6-8/h7-8,10H,2-6H2,1H3,(H,11,12). The summed E-state index contributed by atoms with van der Waals surface area (Å²) < 4.78 is 0. The summed E-state index contributed by atoms with van der Waals surface area (Å²) in [7, 11) is 0. The van der Waals surface area contributed by atoms with Crippen molar-refractivity contribution in [1.82, 2.24) is 5.32 Å². The summed E-state index contributed by atoms with van der Waals surface area (Å²) in [6.45, 7) is 3.96. The summed E-state index contributed by atoms with van der Waals surface area (Å²) >= 11 is 0. The van der Waals surface area contributed by atoms with Gasteiger partial charge in [0, 0.05) is 0 Å². The molecule has 0 amide bonds. The molecule has 3 nitrogen and oxygen atoms in total. The minimum atomic E-state index is -0.666. The molecule has 0 radical (unpaired) electrons. The number of carboxylic acid groups (broad SMARTS) is 1. The van der Waals surface area contributed by atoms with E-state index >= 15 is 0 Å². The molecule has 1 aliphatic heterocycles. The van der Waals surface area contributed by atoms with Crippen LogP contribution in [0.2, 0.25) is 0 Å². The van der Waals surface area contributed by atoms with Crippen LogP contribution in [0, 0.1) is 11.8 Å². The molecule has 1 heterocycles. The first kappa shape index (κ1) is 9.52. The second kappa shape index (κ2) is 4.45. The van der Waals surface area contributed by atoms with Crippen LogP contribution in [0.1, 0.15) is 26.2 Å². The maximum atomic E-state index is 10.5. The number of hydrogen-bond acceptors (Lipinski definition) is 2. The molecule has 3 heteroatoms. The number of aliphatic carboxylic acids is 1. The summed E-state index contributed by atoms with van der Waals surface area (Å²) in [5, 5.41) is 11.9. The smallest absolute Gasteiger partial charge is 0.306 e. The van der Waals surface area contributed by atoms with E-state index in [2.05, 4.69) is 5.32 Å². The molecule has 1 saturated heterocycles. The molecule has 2 atom stereocenters. The van der Waals surface area contributed by atoms with Crippen LogP contribution < -0.4 is 5.32 Å². The monoisotopic (exact) mass is 171 g/mol. The van der Waals surface area contributed by atoms with Crippen molar-refractivity contribution >= 4 is 5.97 Å². The zero-order valence-electron chi connectivity index (χ0n) is 7.55. The molecule has 0 saturated carbocycles. The van der Waals surface area contributed by atoms with Gasteiger partial charge in [-0.25, -0.2) is 0 Å². The molecule has 1 rings (SSSR count). The van der Waals surface area contributed by atoms with Gasteiger partial charge in [-0.05, 0) is 38.3 Å². The van der Waals surface area contributed by atoms with Gasteiger partial charge in [0.25, 0.3) is 0 Å². The van der Waals surface area contributed by atoms with E-state index in [9.17, 15) is 4.79 Å². The minimum Gasteiger partial charge on any atom is -0.481 e. The van der Waals surface area contributed by atoms with Crippen LogP contribution in [-0.4, -0.2) is 24.2 Å². The molecule has 0 aromatic heterocycles. The largest absolute Gasteiger partial charge is 0.481 e. The van der Waals surface area contributed by atoms with E-state index in [0.717, 1.165) is 25.9 Å². The van der Waals surface area contributed by atoms with Gasteiger partial charge in [-0.1, -0.05) is 6.92 Å². The molecule has 0 aromatic rings. The lowest BCUT2D eigenvalue weighted by molar-refractivity contribution is -0.141. The SMILES string of the molecule is CC(CCC1CCNC1)C(=O)O. The maximum absolute atomic E-state index is 10.5. The first-order chi connectivity index (χ1) is 5.70. The van der Waals surface area contributed by atoms with Gasteiger partial charge in [-0.3, -0.25) is 4.79 Å². The Hall–Kier alpha value is -0.570. The van der Waals surface area contributed by atoms with Gasteiger partial charge in [-0.2, -0.15) is 0 Å². The first-order valence-corrected chi connectivity index (χ1v) is 4.63. The number of rotatable bonds is 4. The highest BCUT2D eigenvalue weighted by Gasteiger charge is 2.17. The molecular weight excluding hydrogens is 154 g/mol. The second-order valence-corrected chi connectivity index (χ2v) is 3.68. The van der Waals surface area contributed by atoms with Crippen LogP contribution in [0.3, 0.4) is 0 Å². The van der Waals surface area contributed by atoms with E-state index in [4.69, 9.17) is 5.11 Å². The molecule has 0 spiro atoms. The van der Waals surface area contributed by atoms with Gasteiger partial charge in [0.2, 0.25) is 0 Å². The molecule has 2 N–H and O–H groups in total. The normalized spacial score (nSPS) is 25.6. The van der Waals surface area contributed by atoms with Crippen LogP contribution in [0.5, 0.6) is 0 Å². The van der Waals surface area contributed by atoms with E-state index in [0.29, 0.717) is 5.92 Å². The van der Waals surface area contributed by atoms with Gasteiger partial charge >= 0.3 is 5.97 Å². The Bertz CT molecular complexity index is 153. The maximum Gasteiger partial charge on any atom is 0.306 e. The lowest BCUT2D eigenvalue weighted by atomic mass is 9.96. The number of carbonyl (C=O) groups is 1. The predicted molar refractivity (Wildman–Crippen MR) is 47.0 cm³/mol. The van der Waals surface area contributed by atoms with E-state index in [1.165, 1.54) is 6.42 Å². The quantitative estimate of drug-likeness (QED) is 0.666. The Kier molecular flexibility index (Phi) is 3.53. The number of hydrogen-bond donors (Lipinski definition) is 2. The third-order valence-electron chi connectivity index (χ3n) is 2.59. The Morgan fingerprint density at radius 1 is 1.75 bits per heavy atom. The van der Waals surface area contributed by atoms with Gasteiger partial charge in [0.15, 0.2) is 0 Å². The minimum absolute atomic E-state index is 0.175. The van der Waals surface area contributed by atoms with Crippen LogP contribution in [0.15, 0.2) is 0 Å². The van der Waals surface area contributed by atoms with Crippen molar-refractivity contribution in [3.8, 4) is 0 Å². The van der Waals surface area contributed by atoms with Crippen molar-refractivity contribution in [3.63, 3.8) is 0 Å². The molecule has 0 bridgehead atoms. The average Bonchev–Trinajstić information content (AvgIpc) is 2.51. The van der Waals surface area contributed by atoms with Crippen LogP contribution in [0.4, 0.5) is 0 Å². The Morgan fingerprint density at radius 2 is 2.50 bits per heavy atom. The first-order valence-electron chi connectivity index (χ1n) is 4.63. The van der Waals surface area contributed by atoms with Gasteiger partial charge in [-0.15, -0.1) is 0 Å². The van der Waals surface area contributed by atoms with Crippen molar-refractivity contribution < 1.29 is 9.90 Å². The molecule has 1 fully saturated rings. The van der Waals surface area contributed by atoms with Crippen molar-refractivity contribution in [2.75, 3.05) is 13.1 Å². The van der Waals surface area contributed by atoms with Crippen molar-refractivity contribution in [1.29, 1.82) is 0 Å². The molecule has 12 heavy (non-hydrogen) atoms. The highest BCUT2D eigenvalue weighted by Crippen LogP contribution is 2.17. The van der Waals surface area contributed by atoms with E-state index in [-0.39, 0.29) is 5.92 Å². The molecule has 70 valence electrons. The molecule has 0 aromatic carbocycles. The highest BCUT2D eigenvalue weighted by molar-refractivity contribution is 5.69. The fraction of sp³-hybridized carbons (Fsp3) is 0.889. The summed E-state index contributed by atoms with van der Waals surface area (Å²) in [4.78, 5) is 10.5. The zero-order valence-corrected chi connectivity index (χ0v) is 7.55. The van der Waals surface area contributed by atoms with Crippen LogP contribution in [-0.2, 0) is 4.79 Å². The molecule has 2 unspecified atom stereocenters. The Labute approximate surface area is 73.2 Å². The van der Waals surface area contributed by atoms with Crippen molar-refractivity contribution in [3.05, 3.63) is 0 Å². The van der Waals surface area contributed by atoms with Gasteiger partial charge in [0.05, 0.1) is 5.92 Å². The third kappa shape index (κ3) is 2.81. The number of carboxylic acids is 1. The summed E-state index contributed by atoms with van der Waals surface area (Å²) in [5.41, 5.74) is 0. The van der Waals surface area contributed by atoms with Crippen molar-refractivity contribution in [2.24, 2.45) is 11.8 Å². The topological polar surface area (TPSA) is 49.3 Å². The Balaban J connectivity index is 2.11. The second-order valence-electron chi connectivity index (χ2n) is 3.68. The van der Waals surface area contributed by atoms with E-state index in [1.54, 1.807) is 6.92 Å². The molecule has 0 aliphatic carbocycles. The summed E-state index contributed by atoms with van der Waals surface area (Å²) in [5.74, 6) is -0.127. The lowest BCUT2D eigenvalue weighted by Gasteiger charge is -2.09. The summed E-state index contributed by atoms with van der Waals surface area (Å²) in [6, 6.07) is 0. The van der Waals surface area contributed by atoms with Crippen molar-refractivity contribution in [2.45, 2.75) is 26.2 Å². The molecule has 1 aliphatic rings. The molecular formula is C9H17NO2. The zero-order chi connectivity index (χ0) is 8.97. The van der Waals surface area contributed by atoms with Gasteiger partial charge < -0.3 is 10.4 Å². The third-order valence-corrected chi connectivity index (χ3v) is 2.59.